The second-order valence-electron chi connectivity index (χ2n) is 7.87. The number of likely N-dealkylation sites (tertiary alicyclic amines) is 1. The Labute approximate surface area is 190 Å². The Morgan fingerprint density at radius 1 is 1.27 bits per heavy atom. The van der Waals surface area contributed by atoms with Crippen LogP contribution >= 0.6 is 0 Å². The summed E-state index contributed by atoms with van der Waals surface area (Å²) in [6, 6.07) is 7.17. The number of fused-ring (bicyclic) bond motifs is 2. The number of nitrogens with zero attached hydrogens (tertiary/aromatic N) is 5. The van der Waals surface area contributed by atoms with E-state index in [4.69, 9.17) is 9.90 Å². The Kier molecular flexibility index (Phi) is 5.91. The molecule has 1 saturated heterocycles. The van der Waals surface area contributed by atoms with Crippen LogP contribution < -0.4 is 5.32 Å². The Hall–Kier alpha value is -4.08. The Morgan fingerprint density at radius 2 is 1.97 bits per heavy atom. The van der Waals surface area contributed by atoms with Gasteiger partial charge in [-0.2, -0.15) is 0 Å². The summed E-state index contributed by atoms with van der Waals surface area (Å²) < 4.78 is 1.88. The predicted octanol–water partition coefficient (Wildman–Crippen LogP) is 1.95. The molecule has 2 atom stereocenters. The molecule has 1 fully saturated rings. The molecule has 1 aromatic carbocycles. The number of carbonyl (C=O) groups excluding carboxylic acids is 2. The molecule has 0 unspecified atom stereocenters. The van der Waals surface area contributed by atoms with Gasteiger partial charge in [0.05, 0.1) is 5.56 Å². The maximum absolute atomic E-state index is 13.5. The lowest BCUT2D eigenvalue weighted by Crippen LogP contribution is -2.43. The van der Waals surface area contributed by atoms with Crippen LogP contribution in [0.5, 0.6) is 0 Å². The van der Waals surface area contributed by atoms with Gasteiger partial charge in [0.25, 0.3) is 12.4 Å². The molecule has 2 N–H and O–H groups in total. The minimum Gasteiger partial charge on any atom is -0.483 e. The Bertz CT molecular complexity index is 1190. The molecule has 2 aliphatic rings. The summed E-state index contributed by atoms with van der Waals surface area (Å²) in [5.41, 5.74) is 1.24. The second kappa shape index (κ2) is 8.81. The highest BCUT2D eigenvalue weighted by molar-refractivity contribution is 6.08. The summed E-state index contributed by atoms with van der Waals surface area (Å²) in [5, 5.41) is 9.91. The van der Waals surface area contributed by atoms with E-state index >= 15 is 0 Å². The minimum absolute atomic E-state index is 0.0930. The van der Waals surface area contributed by atoms with Crippen LogP contribution in [-0.4, -0.2) is 54.4 Å². The van der Waals surface area contributed by atoms with E-state index in [9.17, 15) is 9.59 Å². The standard InChI is InChI=1S/C22H22N6O2.CH2O2/c1-3-17-24-12-14(13-25-17)20(29)28-10-8-22(18(28)19-23-9-11-27(19)2)15-6-4-5-7-16(15)26-21(22)30;2-1-3/h4-7,9,11-13,18H,3,8,10H2,1-2H3,(H,26,30);1H,(H,2,3)/t18-,22+;/m0./s1. The molecule has 0 aliphatic carbocycles. The largest absolute Gasteiger partial charge is 0.483 e. The van der Waals surface area contributed by atoms with Crippen molar-refractivity contribution in [3.05, 3.63) is 71.8 Å². The summed E-state index contributed by atoms with van der Waals surface area (Å²) in [6.07, 6.45) is 7.89. The number of aryl methyl sites for hydroxylation is 2. The van der Waals surface area contributed by atoms with Crippen molar-refractivity contribution in [3.8, 4) is 0 Å². The molecule has 0 bridgehead atoms. The molecule has 0 radical (unpaired) electrons. The van der Waals surface area contributed by atoms with E-state index in [0.717, 1.165) is 11.3 Å². The lowest BCUT2D eigenvalue weighted by molar-refractivity contribution is -0.123. The van der Waals surface area contributed by atoms with Gasteiger partial charge < -0.3 is 19.9 Å². The van der Waals surface area contributed by atoms with Gasteiger partial charge in [-0.05, 0) is 18.1 Å². The zero-order valence-corrected chi connectivity index (χ0v) is 18.3. The molecule has 2 amide bonds. The average molecular weight is 448 g/mol. The molecule has 33 heavy (non-hydrogen) atoms. The van der Waals surface area contributed by atoms with E-state index in [1.54, 1.807) is 23.5 Å². The number of carbonyl (C=O) groups is 3. The fourth-order valence-electron chi connectivity index (χ4n) is 4.72. The van der Waals surface area contributed by atoms with Crippen molar-refractivity contribution in [1.82, 2.24) is 24.4 Å². The SMILES string of the molecule is CCc1ncc(C(=O)N2CC[C@]3(C(=O)Nc4ccccc43)[C@@H]2c2nccn2C)cn1.O=CO. The van der Waals surface area contributed by atoms with Gasteiger partial charge in [0.2, 0.25) is 5.91 Å². The van der Waals surface area contributed by atoms with Gasteiger partial charge in [-0.3, -0.25) is 14.4 Å². The number of benzene rings is 1. The highest BCUT2D eigenvalue weighted by Gasteiger charge is 2.60. The maximum Gasteiger partial charge on any atom is 0.290 e. The third-order valence-electron chi connectivity index (χ3n) is 6.22. The number of para-hydroxylation sites is 1. The lowest BCUT2D eigenvalue weighted by atomic mass is 9.74. The van der Waals surface area contributed by atoms with E-state index in [2.05, 4.69) is 20.3 Å². The van der Waals surface area contributed by atoms with E-state index in [1.165, 1.54) is 0 Å². The first-order valence-corrected chi connectivity index (χ1v) is 10.6. The van der Waals surface area contributed by atoms with E-state index in [-0.39, 0.29) is 18.3 Å². The number of nitrogens with one attached hydrogen (secondary N) is 1. The molecule has 10 nitrogen and oxygen atoms in total. The molecule has 3 aromatic rings. The number of hydrogen-bond donors (Lipinski definition) is 2. The van der Waals surface area contributed by atoms with Crippen molar-refractivity contribution in [3.63, 3.8) is 0 Å². The van der Waals surface area contributed by atoms with E-state index in [1.807, 2.05) is 49.0 Å². The highest BCUT2D eigenvalue weighted by atomic mass is 16.3. The van der Waals surface area contributed by atoms with Gasteiger partial charge in [0, 0.05) is 50.5 Å². The summed E-state index contributed by atoms with van der Waals surface area (Å²) in [5.74, 6) is 1.08. The summed E-state index contributed by atoms with van der Waals surface area (Å²) in [7, 11) is 1.88. The van der Waals surface area contributed by atoms with Crippen molar-refractivity contribution in [2.45, 2.75) is 31.2 Å². The first-order chi connectivity index (χ1) is 16.0. The third kappa shape index (κ3) is 3.53. The predicted molar refractivity (Wildman–Crippen MR) is 118 cm³/mol. The van der Waals surface area contributed by atoms with Crippen LogP contribution in [0.3, 0.4) is 0 Å². The van der Waals surface area contributed by atoms with Gasteiger partial charge in [-0.1, -0.05) is 25.1 Å². The third-order valence-corrected chi connectivity index (χ3v) is 6.22. The Balaban J connectivity index is 0.000000821. The van der Waals surface area contributed by atoms with E-state index < -0.39 is 11.5 Å². The molecular weight excluding hydrogens is 424 g/mol. The molecule has 4 heterocycles. The minimum atomic E-state index is -0.879. The van der Waals surface area contributed by atoms with Crippen LogP contribution in [0.1, 0.15) is 47.0 Å². The first kappa shape index (κ1) is 22.1. The summed E-state index contributed by atoms with van der Waals surface area (Å²) >= 11 is 0. The quantitative estimate of drug-likeness (QED) is 0.586. The molecule has 170 valence electrons. The monoisotopic (exact) mass is 448 g/mol. The van der Waals surface area contributed by atoms with Crippen LogP contribution in [0.4, 0.5) is 5.69 Å². The van der Waals surface area contributed by atoms with Crippen molar-refractivity contribution >= 4 is 24.0 Å². The van der Waals surface area contributed by atoms with Crippen molar-refractivity contribution < 1.29 is 19.5 Å². The maximum atomic E-state index is 13.5. The van der Waals surface area contributed by atoms with Gasteiger partial charge in [0.1, 0.15) is 23.1 Å². The van der Waals surface area contributed by atoms with Crippen LogP contribution in [0, 0.1) is 0 Å². The fraction of sp³-hybridized carbons (Fsp3) is 0.304. The zero-order chi connectivity index (χ0) is 23.6. The second-order valence-corrected chi connectivity index (χ2v) is 7.87. The van der Waals surface area contributed by atoms with Gasteiger partial charge in [0.15, 0.2) is 0 Å². The number of anilines is 1. The molecule has 5 rings (SSSR count). The lowest BCUT2D eigenvalue weighted by Gasteiger charge is -2.33. The highest BCUT2D eigenvalue weighted by Crippen LogP contribution is 2.54. The Morgan fingerprint density at radius 3 is 2.61 bits per heavy atom. The molecule has 0 saturated carbocycles. The van der Waals surface area contributed by atoms with Crippen LogP contribution in [0.2, 0.25) is 0 Å². The summed E-state index contributed by atoms with van der Waals surface area (Å²) in [6.45, 7) is 2.15. The van der Waals surface area contributed by atoms with Crippen LogP contribution in [0.15, 0.2) is 49.1 Å². The number of rotatable bonds is 3. The molecule has 2 aromatic heterocycles. The summed E-state index contributed by atoms with van der Waals surface area (Å²) in [4.78, 5) is 50.0. The van der Waals surface area contributed by atoms with E-state index in [0.29, 0.717) is 36.6 Å². The first-order valence-electron chi connectivity index (χ1n) is 10.6. The fourth-order valence-corrected chi connectivity index (χ4v) is 4.72. The smallest absolute Gasteiger partial charge is 0.290 e. The van der Waals surface area contributed by atoms with Crippen molar-refractivity contribution in [1.29, 1.82) is 0 Å². The number of amides is 2. The number of imidazole rings is 1. The average Bonchev–Trinajstić information content (AvgIpc) is 3.50. The number of aromatic nitrogens is 4. The van der Waals surface area contributed by atoms with Gasteiger partial charge in [-0.15, -0.1) is 0 Å². The molecule has 2 aliphatic heterocycles. The van der Waals surface area contributed by atoms with Crippen molar-refractivity contribution in [2.24, 2.45) is 7.05 Å². The van der Waals surface area contributed by atoms with Gasteiger partial charge in [-0.25, -0.2) is 15.0 Å². The van der Waals surface area contributed by atoms with Gasteiger partial charge >= 0.3 is 0 Å². The topological polar surface area (TPSA) is 130 Å². The van der Waals surface area contributed by atoms with Crippen LogP contribution in [0.25, 0.3) is 0 Å². The molecular formula is C23H24N6O4. The van der Waals surface area contributed by atoms with Crippen molar-refractivity contribution in [2.75, 3.05) is 11.9 Å². The number of carboxylic acid groups (broad SMARTS) is 1. The number of hydrogen-bond acceptors (Lipinski definition) is 6. The zero-order valence-electron chi connectivity index (χ0n) is 18.3. The molecule has 1 spiro atoms. The molecule has 10 heteroatoms. The van der Waals surface area contributed by atoms with Crippen LogP contribution in [-0.2, 0) is 28.5 Å². The normalized spacial score (nSPS) is 20.7.